The molecule has 93 heavy (non-hydrogen) atoms. The monoisotopic (exact) mass is 1320 g/mol. The maximum Gasteiger partial charge on any atom is 0.409 e. The molecule has 2 N–H and O–H groups in total. The average molecular weight is 1320 g/mol. The number of aliphatic hydroxyl groups is 1. The zero-order valence-electron chi connectivity index (χ0n) is 54.7. The number of allylic oxidation sites excluding steroid dienone is 3. The van der Waals surface area contributed by atoms with E-state index in [1.54, 1.807) is 59.3 Å². The van der Waals surface area contributed by atoms with Crippen LogP contribution in [0, 0.1) is 5.92 Å². The van der Waals surface area contributed by atoms with Crippen molar-refractivity contribution in [2.24, 2.45) is 5.92 Å². The predicted octanol–water partition coefficient (Wildman–Crippen LogP) is 6.52. The van der Waals surface area contributed by atoms with Crippen molar-refractivity contribution in [2.75, 3.05) is 121 Å². The number of epoxide rings is 1. The number of thioether (sulfide) groups is 1. The summed E-state index contributed by atoms with van der Waals surface area (Å²) in [6.45, 7) is 10.3. The van der Waals surface area contributed by atoms with E-state index >= 15 is 0 Å². The van der Waals surface area contributed by atoms with E-state index in [4.69, 9.17) is 50.0 Å². The summed E-state index contributed by atoms with van der Waals surface area (Å²) in [6.07, 6.45) is 2.17. The summed E-state index contributed by atoms with van der Waals surface area (Å²) in [7, 11) is 11.2. The van der Waals surface area contributed by atoms with Gasteiger partial charge in [-0.3, -0.25) is 34.2 Å². The first-order valence-electron chi connectivity index (χ1n) is 31.5. The second-order valence-electron chi connectivity index (χ2n) is 25.3. The number of benzene rings is 3. The number of ether oxygens (including phenoxy) is 6. The first-order chi connectivity index (χ1) is 44.3. The van der Waals surface area contributed by atoms with Crippen molar-refractivity contribution in [3.63, 3.8) is 0 Å². The number of carbonyl (C=O) groups is 7. The number of aromatic nitrogens is 2. The smallest absolute Gasteiger partial charge is 0.409 e. The van der Waals surface area contributed by atoms with Gasteiger partial charge in [0, 0.05) is 122 Å². The van der Waals surface area contributed by atoms with Crippen LogP contribution in [0.5, 0.6) is 11.5 Å². The third-order valence-electron chi connectivity index (χ3n) is 18.9. The van der Waals surface area contributed by atoms with Crippen LogP contribution in [-0.2, 0) is 54.1 Å². The first-order valence-corrected chi connectivity index (χ1v) is 33.0. The van der Waals surface area contributed by atoms with E-state index in [2.05, 4.69) is 32.1 Å². The molecule has 500 valence electrons. The molecule has 24 nitrogen and oxygen atoms in total. The number of nitrogens with zero attached hydrogens (tertiary/aromatic N) is 9. The highest BCUT2D eigenvalue weighted by molar-refractivity contribution is 8.00. The molecule has 26 heteroatoms. The number of halogens is 1. The lowest BCUT2D eigenvalue weighted by Gasteiger charge is -2.42. The number of nitrogens with one attached hydrogen (secondary N) is 1. The molecule has 0 radical (unpaired) electrons. The number of rotatable bonds is 19. The summed E-state index contributed by atoms with van der Waals surface area (Å²) in [5.74, 6) is -0.394. The van der Waals surface area contributed by atoms with Gasteiger partial charge >= 0.3 is 12.1 Å². The van der Waals surface area contributed by atoms with Crippen molar-refractivity contribution in [3.05, 3.63) is 94.8 Å². The summed E-state index contributed by atoms with van der Waals surface area (Å²) in [5.41, 5.74) is 1.63. The zero-order valence-corrected chi connectivity index (χ0v) is 56.3. The van der Waals surface area contributed by atoms with Gasteiger partial charge in [-0.2, -0.15) is 0 Å². The number of carbonyl (C=O) groups excluding carboxylic acids is 7. The number of alkyl carbamates (subject to hydrolysis) is 1. The molecule has 6 amide bonds. The molecule has 1 saturated carbocycles. The number of piperazine rings is 1. The van der Waals surface area contributed by atoms with E-state index in [1.807, 2.05) is 50.4 Å². The van der Waals surface area contributed by atoms with E-state index in [0.29, 0.717) is 36.9 Å². The zero-order chi connectivity index (χ0) is 66.8. The molecule has 9 atom stereocenters. The Kier molecular flexibility index (Phi) is 20.9. The van der Waals surface area contributed by atoms with Crippen molar-refractivity contribution in [3.8, 4) is 11.5 Å². The molecular formula is C67H85ClN10O14S. The van der Waals surface area contributed by atoms with Crippen LogP contribution in [-0.4, -0.2) is 219 Å². The molecule has 6 aliphatic rings. The second kappa shape index (κ2) is 28.5. The first kappa shape index (κ1) is 68.2. The molecular weight excluding hydrogens is 1240 g/mol. The molecule has 4 aromatic rings. The Balaban J connectivity index is 0.734. The fourth-order valence-corrected chi connectivity index (χ4v) is 14.0. The number of methoxy groups -OCH3 is 3. The predicted molar refractivity (Wildman–Crippen MR) is 353 cm³/mol. The summed E-state index contributed by atoms with van der Waals surface area (Å²) in [4.78, 5) is 118. The number of fused-ring (bicyclic) bond motifs is 6. The van der Waals surface area contributed by atoms with E-state index < -0.39 is 108 Å². The van der Waals surface area contributed by atoms with Crippen LogP contribution in [0.25, 0.3) is 10.9 Å². The SMILES string of the molecule is COc1ccccc1N1CCN(c2nc(C3CC3)nc3ccc(N(C)CCN(C)C(=O)CN4C(=O)CC(SCCC(=O)N(C)[C@@H](C)C(=O)O[C@H]5CC(=O)N(C)c6cc(cc(OC)c6Cl)C/C(C)=C/C=C/[C@@H](OC)[C@@]6(O)C[C@H](OC(=O)N6)[C@@H](C)[C@@H]6O[C@@]56C)C4=O)cc23)CC1. The molecule has 4 bridgehead atoms. The molecule has 0 spiro atoms. The van der Waals surface area contributed by atoms with E-state index in [-0.39, 0.29) is 30.0 Å². The van der Waals surface area contributed by atoms with Gasteiger partial charge in [0.05, 0.1) is 48.9 Å². The number of para-hydroxylation sites is 2. The summed E-state index contributed by atoms with van der Waals surface area (Å²) in [6, 6.07) is 16.6. The van der Waals surface area contributed by atoms with Crippen LogP contribution in [0.4, 0.5) is 27.7 Å². The standard InChI is InChI=1S/C67H85ClN10O14S/c1-39-15-14-18-53(89-11)67(86)37-51(90-65(85)71-67)40(2)60-66(4,92-60)54(36-56(80)75(8)48-32-42(31-39)33-50(88-10)59(48)68)91-64(84)41(3)74(7)55(79)23-30-93-52-35-57(81)78(63(52)83)38-58(82)73(6)25-24-72(5)44-21-22-46-45(34-44)62(70-61(69-46)43-19-20-43)77-28-26-76(27-29-77)47-16-12-13-17-49(47)87-9/h12-18,21-22,32-34,40-41,43,51-54,60,86H,19-20,23-31,35-38H2,1-11H3,(H,71,85)/b18-14+,39-15+/t40-,41+,51+,52?,53-,54+,60+,66+,67+/m1/s1. The number of esters is 1. The van der Waals surface area contributed by atoms with Crippen LogP contribution in [0.1, 0.15) is 83.5 Å². The fourth-order valence-electron chi connectivity index (χ4n) is 12.6. The van der Waals surface area contributed by atoms with Gasteiger partial charge in [-0.05, 0) is 88.1 Å². The quantitative estimate of drug-likeness (QED) is 0.0575. The van der Waals surface area contributed by atoms with Gasteiger partial charge in [0.2, 0.25) is 29.5 Å². The van der Waals surface area contributed by atoms with Crippen LogP contribution in [0.15, 0.2) is 78.4 Å². The number of imide groups is 1. The highest BCUT2D eigenvalue weighted by Gasteiger charge is 2.64. The van der Waals surface area contributed by atoms with Gasteiger partial charge in [-0.25, -0.2) is 19.6 Å². The summed E-state index contributed by atoms with van der Waals surface area (Å²) >= 11 is 7.98. The van der Waals surface area contributed by atoms with Crippen LogP contribution < -0.4 is 34.4 Å². The topological polar surface area (TPSA) is 259 Å². The molecule has 5 aliphatic heterocycles. The molecule has 10 rings (SSSR count). The highest BCUT2D eigenvalue weighted by Crippen LogP contribution is 2.50. The average Bonchev–Trinajstić information content (AvgIpc) is 1.59. The van der Waals surface area contributed by atoms with Crippen molar-refractivity contribution >= 4 is 98.7 Å². The highest BCUT2D eigenvalue weighted by atomic mass is 35.5. The minimum atomic E-state index is -1.90. The van der Waals surface area contributed by atoms with Crippen molar-refractivity contribution in [1.29, 1.82) is 0 Å². The molecule has 1 aliphatic carbocycles. The largest absolute Gasteiger partial charge is 0.495 e. The second-order valence-corrected chi connectivity index (χ2v) is 27.0. The number of likely N-dealkylation sites (N-methyl/N-ethyl adjacent to an activating group) is 3. The molecule has 5 fully saturated rings. The summed E-state index contributed by atoms with van der Waals surface area (Å²) in [5, 5.41) is 14.7. The number of hydrogen-bond donors (Lipinski definition) is 2. The molecule has 1 aromatic heterocycles. The minimum absolute atomic E-state index is 0.111. The van der Waals surface area contributed by atoms with Crippen LogP contribution in [0.3, 0.4) is 0 Å². The van der Waals surface area contributed by atoms with Crippen LogP contribution >= 0.6 is 23.4 Å². The van der Waals surface area contributed by atoms with Gasteiger partial charge in [-0.1, -0.05) is 54.5 Å². The maximum absolute atomic E-state index is 14.5. The van der Waals surface area contributed by atoms with E-state index in [1.165, 1.54) is 42.9 Å². The Morgan fingerprint density at radius 2 is 1.62 bits per heavy atom. The Labute approximate surface area is 551 Å². The number of likely N-dealkylation sites (tertiary alicyclic amines) is 1. The third-order valence-corrected chi connectivity index (χ3v) is 20.5. The molecule has 3 aromatic carbocycles. The van der Waals surface area contributed by atoms with Crippen LogP contribution in [0.2, 0.25) is 5.02 Å². The van der Waals surface area contributed by atoms with Crippen molar-refractivity contribution in [1.82, 2.24) is 30.0 Å². The Morgan fingerprint density at radius 1 is 0.903 bits per heavy atom. The molecule has 1 unspecified atom stereocenters. The van der Waals surface area contributed by atoms with Gasteiger partial charge in [0.25, 0.3) is 0 Å². The van der Waals surface area contributed by atoms with Crippen molar-refractivity contribution in [2.45, 2.75) is 126 Å². The number of amides is 6. The molecule has 4 saturated heterocycles. The van der Waals surface area contributed by atoms with Gasteiger partial charge in [-0.15, -0.1) is 11.8 Å². The lowest BCUT2D eigenvalue weighted by Crippen LogP contribution is -2.63. The summed E-state index contributed by atoms with van der Waals surface area (Å²) < 4.78 is 35.3. The fraction of sp³-hybridized carbons (Fsp3) is 0.537. The Morgan fingerprint density at radius 3 is 2.33 bits per heavy atom. The lowest BCUT2D eigenvalue weighted by atomic mass is 9.83. The van der Waals surface area contributed by atoms with E-state index in [0.717, 1.165) is 106 Å². The van der Waals surface area contributed by atoms with Crippen molar-refractivity contribution < 1.29 is 67.1 Å². The number of hydrogen-bond acceptors (Lipinski definition) is 20. The van der Waals surface area contributed by atoms with Gasteiger partial charge in [0.15, 0.2) is 5.72 Å². The third kappa shape index (κ3) is 15.0. The Hall–Kier alpha value is -7.71. The molecule has 6 heterocycles. The normalized spacial score (nSPS) is 26.3. The lowest BCUT2D eigenvalue weighted by molar-refractivity contribution is -0.162. The minimum Gasteiger partial charge on any atom is -0.495 e. The van der Waals surface area contributed by atoms with Gasteiger partial charge in [0.1, 0.15) is 64.7 Å². The Bertz CT molecular complexity index is 3590. The maximum atomic E-state index is 14.5. The van der Waals surface area contributed by atoms with E-state index in [9.17, 15) is 38.7 Å². The van der Waals surface area contributed by atoms with Gasteiger partial charge < -0.3 is 62.9 Å². The number of anilines is 4.